The van der Waals surface area contributed by atoms with Gasteiger partial charge in [0.15, 0.2) is 0 Å². The molecule has 0 saturated heterocycles. The molecule has 2 aromatic carbocycles. The lowest BCUT2D eigenvalue weighted by Crippen LogP contribution is -2.12. The fourth-order valence-corrected chi connectivity index (χ4v) is 2.45. The van der Waals surface area contributed by atoms with Gasteiger partial charge in [0.05, 0.1) is 4.90 Å². The van der Waals surface area contributed by atoms with E-state index in [1.807, 2.05) is 31.2 Å². The average molecular weight is 319 g/mol. The summed E-state index contributed by atoms with van der Waals surface area (Å²) in [5.74, 6) is 0.922. The first-order valence-corrected chi connectivity index (χ1v) is 7.94. The predicted octanol–water partition coefficient (Wildman–Crippen LogP) is 2.24. The summed E-state index contributed by atoms with van der Waals surface area (Å²) < 4.78 is 26.8. The molecule has 0 atom stereocenters. The van der Waals surface area contributed by atoms with E-state index in [1.165, 1.54) is 18.2 Å². The number of hydrogen-bond acceptors (Lipinski definition) is 5. The minimum Gasteiger partial charge on any atom is -0.461 e. The fraction of sp³-hybridized carbons (Fsp3) is 0.0667. The molecule has 0 unspecified atom stereocenters. The van der Waals surface area contributed by atoms with Gasteiger partial charge in [-0.3, -0.25) is 0 Å². The predicted molar refractivity (Wildman–Crippen MR) is 87.6 cm³/mol. The Bertz CT molecular complexity index is 901. The molecule has 3 aromatic rings. The maximum Gasteiger partial charge on any atom is 0.238 e. The molecule has 0 aliphatic rings. The molecule has 3 rings (SSSR count). The summed E-state index contributed by atoms with van der Waals surface area (Å²) in [6, 6.07) is 13.4. The Morgan fingerprint density at radius 1 is 0.955 bits per heavy atom. The lowest BCUT2D eigenvalue weighted by molar-refractivity contribution is 0.578. The van der Waals surface area contributed by atoms with Crippen molar-refractivity contribution in [3.05, 3.63) is 54.3 Å². The Morgan fingerprint density at radius 3 is 2.23 bits per heavy atom. The average Bonchev–Trinajstić information content (AvgIpc) is 2.78. The molecule has 0 spiro atoms. The van der Waals surface area contributed by atoms with Crippen LogP contribution in [0.25, 0.3) is 11.0 Å². The van der Waals surface area contributed by atoms with Crippen molar-refractivity contribution in [3.8, 4) is 0 Å². The molecule has 0 saturated carbocycles. The van der Waals surface area contributed by atoms with Crippen LogP contribution in [0.4, 0.5) is 11.4 Å². The molecule has 0 aliphatic carbocycles. The standard InChI is InChI=1S/C9H9NO.C6H8N2O2S/c1-6-4-7-5-8(10)2-3-9(7)11-6;7-5-2-1-3-6(4-5)11(8,9)10/h2-5H,10H2,1H3;1-4H,7H2,(H2,8,9,10). The van der Waals surface area contributed by atoms with Gasteiger partial charge in [0.2, 0.25) is 10.0 Å². The van der Waals surface area contributed by atoms with Crippen LogP contribution in [0.5, 0.6) is 0 Å². The van der Waals surface area contributed by atoms with Gasteiger partial charge in [-0.2, -0.15) is 0 Å². The highest BCUT2D eigenvalue weighted by molar-refractivity contribution is 7.89. The van der Waals surface area contributed by atoms with Crippen molar-refractivity contribution in [1.29, 1.82) is 0 Å². The Labute approximate surface area is 128 Å². The van der Waals surface area contributed by atoms with Crippen LogP contribution in [0.15, 0.2) is 57.8 Å². The molecule has 7 heteroatoms. The number of hydrogen-bond donors (Lipinski definition) is 3. The van der Waals surface area contributed by atoms with E-state index in [0.29, 0.717) is 5.69 Å². The molecule has 0 aliphatic heterocycles. The molecule has 0 fully saturated rings. The minimum absolute atomic E-state index is 0.0394. The van der Waals surface area contributed by atoms with Crippen LogP contribution >= 0.6 is 0 Å². The van der Waals surface area contributed by atoms with Crippen LogP contribution in [0.2, 0.25) is 0 Å². The number of rotatable bonds is 1. The van der Waals surface area contributed by atoms with E-state index in [0.717, 1.165) is 22.4 Å². The van der Waals surface area contributed by atoms with Crippen LogP contribution in [0.1, 0.15) is 5.76 Å². The van der Waals surface area contributed by atoms with Gasteiger partial charge in [-0.05, 0) is 49.4 Å². The number of anilines is 2. The molecule has 22 heavy (non-hydrogen) atoms. The highest BCUT2D eigenvalue weighted by Crippen LogP contribution is 2.20. The molecular weight excluding hydrogens is 302 g/mol. The second-order valence-corrected chi connectivity index (χ2v) is 6.33. The van der Waals surface area contributed by atoms with Crippen molar-refractivity contribution < 1.29 is 12.8 Å². The van der Waals surface area contributed by atoms with Crippen LogP contribution < -0.4 is 16.6 Å². The Balaban J connectivity index is 0.000000160. The largest absolute Gasteiger partial charge is 0.461 e. The molecule has 1 heterocycles. The van der Waals surface area contributed by atoms with E-state index in [1.54, 1.807) is 6.07 Å². The molecule has 6 N–H and O–H groups in total. The lowest BCUT2D eigenvalue weighted by Gasteiger charge is -1.97. The fourth-order valence-electron chi connectivity index (χ4n) is 1.89. The van der Waals surface area contributed by atoms with Gasteiger partial charge >= 0.3 is 0 Å². The number of furan rings is 1. The molecule has 0 bridgehead atoms. The molecule has 6 nitrogen and oxygen atoms in total. The third kappa shape index (κ3) is 4.00. The van der Waals surface area contributed by atoms with E-state index in [9.17, 15) is 8.42 Å². The van der Waals surface area contributed by atoms with Gasteiger partial charge in [-0.25, -0.2) is 13.6 Å². The van der Waals surface area contributed by atoms with E-state index < -0.39 is 10.0 Å². The maximum atomic E-state index is 10.7. The molecule has 116 valence electrons. The van der Waals surface area contributed by atoms with Crippen molar-refractivity contribution in [2.45, 2.75) is 11.8 Å². The smallest absolute Gasteiger partial charge is 0.238 e. The summed E-state index contributed by atoms with van der Waals surface area (Å²) in [6.07, 6.45) is 0. The monoisotopic (exact) mass is 319 g/mol. The number of benzene rings is 2. The number of primary sulfonamides is 1. The van der Waals surface area contributed by atoms with Crippen LogP contribution in [0, 0.1) is 6.92 Å². The molecule has 0 radical (unpaired) electrons. The topological polar surface area (TPSA) is 125 Å². The van der Waals surface area contributed by atoms with Crippen LogP contribution in [-0.2, 0) is 10.0 Å². The quantitative estimate of drug-likeness (QED) is 0.593. The van der Waals surface area contributed by atoms with Crippen molar-refractivity contribution in [2.75, 3.05) is 11.5 Å². The second kappa shape index (κ2) is 6.08. The minimum atomic E-state index is -3.61. The van der Waals surface area contributed by atoms with Gasteiger partial charge in [0.1, 0.15) is 11.3 Å². The first kappa shape index (κ1) is 15.9. The summed E-state index contributed by atoms with van der Waals surface area (Å²) in [7, 11) is -3.61. The summed E-state index contributed by atoms with van der Waals surface area (Å²) in [4.78, 5) is 0.0394. The van der Waals surface area contributed by atoms with E-state index in [-0.39, 0.29) is 4.90 Å². The summed E-state index contributed by atoms with van der Waals surface area (Å²) in [6.45, 7) is 1.93. The number of fused-ring (bicyclic) bond motifs is 1. The third-order valence-corrected chi connectivity index (χ3v) is 3.76. The zero-order valence-electron chi connectivity index (χ0n) is 12.0. The summed E-state index contributed by atoms with van der Waals surface area (Å²) in [5.41, 5.74) is 13.0. The normalized spacial score (nSPS) is 11.0. The van der Waals surface area contributed by atoms with E-state index in [4.69, 9.17) is 21.0 Å². The third-order valence-electron chi connectivity index (χ3n) is 2.85. The first-order valence-electron chi connectivity index (χ1n) is 6.40. The van der Waals surface area contributed by atoms with Crippen molar-refractivity contribution in [1.82, 2.24) is 0 Å². The zero-order chi connectivity index (χ0) is 16.3. The van der Waals surface area contributed by atoms with Crippen LogP contribution in [0.3, 0.4) is 0 Å². The number of sulfonamides is 1. The first-order chi connectivity index (χ1) is 10.3. The zero-order valence-corrected chi connectivity index (χ0v) is 12.8. The van der Waals surface area contributed by atoms with Gasteiger partial charge in [0, 0.05) is 16.8 Å². The van der Waals surface area contributed by atoms with Gasteiger partial charge in [-0.1, -0.05) is 6.07 Å². The number of aryl methyl sites for hydroxylation is 1. The lowest BCUT2D eigenvalue weighted by atomic mass is 10.2. The Morgan fingerprint density at radius 2 is 1.64 bits per heavy atom. The highest BCUT2D eigenvalue weighted by Gasteiger charge is 2.05. The molecular formula is C15H17N3O3S. The van der Waals surface area contributed by atoms with E-state index in [2.05, 4.69) is 0 Å². The summed E-state index contributed by atoms with van der Waals surface area (Å²) in [5, 5.41) is 5.91. The molecule has 1 aromatic heterocycles. The number of nitrogen functional groups attached to an aromatic ring is 2. The second-order valence-electron chi connectivity index (χ2n) is 4.77. The van der Waals surface area contributed by atoms with Crippen molar-refractivity contribution in [3.63, 3.8) is 0 Å². The van der Waals surface area contributed by atoms with Crippen molar-refractivity contribution >= 4 is 32.4 Å². The molecule has 0 amide bonds. The van der Waals surface area contributed by atoms with Crippen LogP contribution in [-0.4, -0.2) is 8.42 Å². The van der Waals surface area contributed by atoms with Crippen molar-refractivity contribution in [2.24, 2.45) is 5.14 Å². The maximum absolute atomic E-state index is 10.7. The summed E-state index contributed by atoms with van der Waals surface area (Å²) >= 11 is 0. The van der Waals surface area contributed by atoms with Gasteiger partial charge < -0.3 is 15.9 Å². The number of nitrogens with two attached hydrogens (primary N) is 3. The Kier molecular flexibility index (Phi) is 4.39. The Hall–Kier alpha value is -2.51. The van der Waals surface area contributed by atoms with Gasteiger partial charge in [0.25, 0.3) is 0 Å². The van der Waals surface area contributed by atoms with Gasteiger partial charge in [-0.15, -0.1) is 0 Å². The SMILES string of the molecule is Cc1cc2cc(N)ccc2o1.Nc1cccc(S(N)(=O)=O)c1. The van der Waals surface area contributed by atoms with E-state index >= 15 is 0 Å². The highest BCUT2D eigenvalue weighted by atomic mass is 32.2.